The molecule has 8 heteroatoms. The summed E-state index contributed by atoms with van der Waals surface area (Å²) in [6, 6.07) is 6.34. The number of aryl methyl sites for hydroxylation is 1. The minimum Gasteiger partial charge on any atom is -0.406 e. The molecule has 2 aromatic rings. The molecular formula is C12H9F3N2O3. The van der Waals surface area contributed by atoms with Crippen molar-refractivity contribution in [3.63, 3.8) is 0 Å². The van der Waals surface area contributed by atoms with Crippen molar-refractivity contribution in [2.24, 2.45) is 0 Å². The Bertz CT molecular complexity index is 622. The Morgan fingerprint density at radius 3 is 2.70 bits per heavy atom. The van der Waals surface area contributed by atoms with Crippen LogP contribution in [0.4, 0.5) is 18.9 Å². The third-order valence-electron chi connectivity index (χ3n) is 2.19. The Morgan fingerprint density at radius 1 is 1.35 bits per heavy atom. The first-order valence-electron chi connectivity index (χ1n) is 5.44. The maximum Gasteiger partial charge on any atom is 0.573 e. The van der Waals surface area contributed by atoms with Crippen molar-refractivity contribution < 1.29 is 27.2 Å². The van der Waals surface area contributed by atoms with Crippen molar-refractivity contribution in [2.45, 2.75) is 13.3 Å². The maximum absolute atomic E-state index is 12.1. The molecular weight excluding hydrogens is 277 g/mol. The molecule has 0 aliphatic heterocycles. The topological polar surface area (TPSA) is 64.4 Å². The molecule has 1 N–H and O–H groups in total. The Morgan fingerprint density at radius 2 is 2.10 bits per heavy atom. The van der Waals surface area contributed by atoms with E-state index in [1.807, 2.05) is 0 Å². The van der Waals surface area contributed by atoms with Gasteiger partial charge < -0.3 is 14.6 Å². The van der Waals surface area contributed by atoms with Crippen LogP contribution in [0.5, 0.6) is 5.75 Å². The second-order valence-electron chi connectivity index (χ2n) is 3.85. The lowest BCUT2D eigenvalue weighted by Gasteiger charge is -2.10. The highest BCUT2D eigenvalue weighted by atomic mass is 19.4. The van der Waals surface area contributed by atoms with E-state index in [4.69, 9.17) is 4.52 Å². The SMILES string of the molecule is Cc1cc(C(=O)Nc2cccc(OC(F)(F)F)c2)no1. The third-order valence-corrected chi connectivity index (χ3v) is 2.19. The molecule has 0 unspecified atom stereocenters. The van der Waals surface area contributed by atoms with E-state index in [2.05, 4.69) is 15.2 Å². The van der Waals surface area contributed by atoms with Crippen LogP contribution < -0.4 is 10.1 Å². The summed E-state index contributed by atoms with van der Waals surface area (Å²) in [7, 11) is 0. The summed E-state index contributed by atoms with van der Waals surface area (Å²) in [4.78, 5) is 11.7. The predicted molar refractivity (Wildman–Crippen MR) is 62.3 cm³/mol. The lowest BCUT2D eigenvalue weighted by atomic mass is 10.3. The van der Waals surface area contributed by atoms with Crippen LogP contribution in [0.1, 0.15) is 16.2 Å². The molecule has 1 amide bonds. The summed E-state index contributed by atoms with van der Waals surface area (Å²) in [6.07, 6.45) is -4.79. The molecule has 0 radical (unpaired) electrons. The number of carbonyl (C=O) groups excluding carboxylic acids is 1. The monoisotopic (exact) mass is 286 g/mol. The van der Waals surface area contributed by atoms with E-state index in [1.165, 1.54) is 18.2 Å². The zero-order chi connectivity index (χ0) is 14.8. The molecule has 0 saturated heterocycles. The fourth-order valence-corrected chi connectivity index (χ4v) is 1.44. The zero-order valence-electron chi connectivity index (χ0n) is 10.2. The number of ether oxygens (including phenoxy) is 1. The van der Waals surface area contributed by atoms with Crippen molar-refractivity contribution >= 4 is 11.6 Å². The first-order valence-corrected chi connectivity index (χ1v) is 5.44. The Kier molecular flexibility index (Phi) is 3.64. The number of amides is 1. The number of hydrogen-bond donors (Lipinski definition) is 1. The van der Waals surface area contributed by atoms with Gasteiger partial charge in [0, 0.05) is 17.8 Å². The van der Waals surface area contributed by atoms with E-state index < -0.39 is 18.0 Å². The van der Waals surface area contributed by atoms with Crippen LogP contribution >= 0.6 is 0 Å². The van der Waals surface area contributed by atoms with Crippen LogP contribution in [0.2, 0.25) is 0 Å². The minimum absolute atomic E-state index is 0.0321. The van der Waals surface area contributed by atoms with Crippen LogP contribution in [-0.2, 0) is 0 Å². The summed E-state index contributed by atoms with van der Waals surface area (Å²) >= 11 is 0. The quantitative estimate of drug-likeness (QED) is 0.941. The highest BCUT2D eigenvalue weighted by Crippen LogP contribution is 2.25. The third kappa shape index (κ3) is 3.74. The average molecular weight is 286 g/mol. The molecule has 0 aliphatic rings. The molecule has 0 spiro atoms. The van der Waals surface area contributed by atoms with Gasteiger partial charge in [0.05, 0.1) is 0 Å². The molecule has 0 atom stereocenters. The Balaban J connectivity index is 2.10. The van der Waals surface area contributed by atoms with Gasteiger partial charge in [-0.1, -0.05) is 11.2 Å². The Labute approximate surface area is 111 Å². The molecule has 0 saturated carbocycles. The van der Waals surface area contributed by atoms with Crippen LogP contribution in [-0.4, -0.2) is 17.4 Å². The second kappa shape index (κ2) is 5.24. The van der Waals surface area contributed by atoms with Crippen LogP contribution in [0.25, 0.3) is 0 Å². The number of carbonyl (C=O) groups is 1. The van der Waals surface area contributed by atoms with Crippen LogP contribution in [0.3, 0.4) is 0 Å². The summed E-state index contributed by atoms with van der Waals surface area (Å²) in [6.45, 7) is 1.61. The number of benzene rings is 1. The standard InChI is InChI=1S/C12H9F3N2O3/c1-7-5-10(17-20-7)11(18)16-8-3-2-4-9(6-8)19-12(13,14)15/h2-6H,1H3,(H,16,18). The summed E-state index contributed by atoms with van der Waals surface area (Å²) < 4.78 is 44.7. The van der Waals surface area contributed by atoms with Gasteiger partial charge in [-0.05, 0) is 19.1 Å². The van der Waals surface area contributed by atoms with E-state index in [1.54, 1.807) is 6.92 Å². The van der Waals surface area contributed by atoms with Crippen molar-refractivity contribution in [1.29, 1.82) is 0 Å². The van der Waals surface area contributed by atoms with Crippen LogP contribution in [0.15, 0.2) is 34.9 Å². The lowest BCUT2D eigenvalue weighted by Crippen LogP contribution is -2.17. The highest BCUT2D eigenvalue weighted by molar-refractivity contribution is 6.02. The first kappa shape index (κ1) is 13.9. The molecule has 0 aliphatic carbocycles. The largest absolute Gasteiger partial charge is 0.573 e. The molecule has 0 bridgehead atoms. The van der Waals surface area contributed by atoms with E-state index in [0.717, 1.165) is 12.1 Å². The van der Waals surface area contributed by atoms with Gasteiger partial charge in [0.25, 0.3) is 5.91 Å². The molecule has 20 heavy (non-hydrogen) atoms. The minimum atomic E-state index is -4.79. The number of aromatic nitrogens is 1. The molecule has 2 rings (SSSR count). The molecule has 1 aromatic heterocycles. The summed E-state index contributed by atoms with van der Waals surface area (Å²) in [5.41, 5.74) is 0.182. The van der Waals surface area contributed by atoms with Gasteiger partial charge >= 0.3 is 6.36 Å². The molecule has 5 nitrogen and oxygen atoms in total. The predicted octanol–water partition coefficient (Wildman–Crippen LogP) is 3.13. The molecule has 106 valence electrons. The molecule has 1 aromatic carbocycles. The van der Waals surface area contributed by atoms with Gasteiger partial charge in [-0.2, -0.15) is 0 Å². The van der Waals surface area contributed by atoms with E-state index >= 15 is 0 Å². The number of nitrogens with one attached hydrogen (secondary N) is 1. The smallest absolute Gasteiger partial charge is 0.406 e. The second-order valence-corrected chi connectivity index (χ2v) is 3.85. The normalized spacial score (nSPS) is 11.2. The van der Waals surface area contributed by atoms with Crippen molar-refractivity contribution in [2.75, 3.05) is 5.32 Å². The van der Waals surface area contributed by atoms with Gasteiger partial charge in [-0.25, -0.2) is 0 Å². The van der Waals surface area contributed by atoms with Gasteiger partial charge in [0.15, 0.2) is 5.69 Å². The number of halogens is 3. The van der Waals surface area contributed by atoms with Crippen LogP contribution in [0, 0.1) is 6.92 Å². The van der Waals surface area contributed by atoms with Crippen molar-refractivity contribution in [1.82, 2.24) is 5.16 Å². The first-order chi connectivity index (χ1) is 9.33. The zero-order valence-corrected chi connectivity index (χ0v) is 10.2. The fraction of sp³-hybridized carbons (Fsp3) is 0.167. The number of alkyl halides is 3. The van der Waals surface area contributed by atoms with E-state index in [9.17, 15) is 18.0 Å². The number of rotatable bonds is 3. The van der Waals surface area contributed by atoms with Gasteiger partial charge in [0.2, 0.25) is 0 Å². The summed E-state index contributed by atoms with van der Waals surface area (Å²) in [5.74, 6) is -0.568. The van der Waals surface area contributed by atoms with Crippen molar-refractivity contribution in [3.8, 4) is 5.75 Å². The number of hydrogen-bond acceptors (Lipinski definition) is 4. The molecule has 1 heterocycles. The number of nitrogens with zero attached hydrogens (tertiary/aromatic N) is 1. The van der Waals surface area contributed by atoms with E-state index in [-0.39, 0.29) is 11.4 Å². The van der Waals surface area contributed by atoms with Gasteiger partial charge in [-0.15, -0.1) is 13.2 Å². The average Bonchev–Trinajstić information content (AvgIpc) is 2.74. The fourth-order valence-electron chi connectivity index (χ4n) is 1.44. The molecule has 0 fully saturated rings. The van der Waals surface area contributed by atoms with E-state index in [0.29, 0.717) is 5.76 Å². The van der Waals surface area contributed by atoms with Gasteiger partial charge in [0.1, 0.15) is 11.5 Å². The lowest BCUT2D eigenvalue weighted by molar-refractivity contribution is -0.274. The Hall–Kier alpha value is -2.51. The highest BCUT2D eigenvalue weighted by Gasteiger charge is 2.31. The number of anilines is 1. The van der Waals surface area contributed by atoms with Crippen molar-refractivity contribution in [3.05, 3.63) is 41.8 Å². The summed E-state index contributed by atoms with van der Waals surface area (Å²) in [5, 5.41) is 5.88. The maximum atomic E-state index is 12.1. The van der Waals surface area contributed by atoms with Gasteiger partial charge in [-0.3, -0.25) is 4.79 Å².